The molecule has 4 nitrogen and oxygen atoms in total. The summed E-state index contributed by atoms with van der Waals surface area (Å²) in [4.78, 5) is 11.7. The first kappa shape index (κ1) is 12.3. The van der Waals surface area contributed by atoms with Crippen LogP contribution in [0.4, 0.5) is 4.39 Å². The number of aryl methyl sites for hydroxylation is 1. The lowest BCUT2D eigenvalue weighted by Gasteiger charge is -2.03. The molecule has 0 aliphatic rings. The summed E-state index contributed by atoms with van der Waals surface area (Å²) in [5.41, 5.74) is 1.24. The second kappa shape index (κ2) is 5.44. The van der Waals surface area contributed by atoms with Gasteiger partial charge in [0.2, 0.25) is 0 Å². The van der Waals surface area contributed by atoms with Crippen LogP contribution in [0, 0.1) is 12.7 Å². The van der Waals surface area contributed by atoms with Gasteiger partial charge in [0.05, 0.1) is 5.69 Å². The predicted molar refractivity (Wildman–Crippen MR) is 63.7 cm³/mol. The molecule has 1 aromatic carbocycles. The lowest BCUT2D eigenvalue weighted by atomic mass is 10.2. The number of nitrogens with zero attached hydrogens (tertiary/aromatic N) is 1. The molecule has 94 valence electrons. The number of hydrogen-bond acceptors (Lipinski definition) is 3. The highest BCUT2D eigenvalue weighted by Crippen LogP contribution is 2.03. The number of hydrogen-bond donors (Lipinski definition) is 1. The molecule has 2 rings (SSSR count). The monoisotopic (exact) mass is 248 g/mol. The summed E-state index contributed by atoms with van der Waals surface area (Å²) in [6, 6.07) is 7.24. The third-order valence-corrected chi connectivity index (χ3v) is 2.45. The van der Waals surface area contributed by atoms with Gasteiger partial charge in [-0.25, -0.2) is 4.39 Å². The Kier molecular flexibility index (Phi) is 3.72. The number of halogens is 1. The molecule has 0 bridgehead atoms. The SMILES string of the molecule is Cc1cc(CCNC(=O)c2ccc(F)cc2)no1. The van der Waals surface area contributed by atoms with E-state index in [0.717, 1.165) is 11.5 Å². The molecule has 0 atom stereocenters. The van der Waals surface area contributed by atoms with E-state index in [4.69, 9.17) is 4.52 Å². The van der Waals surface area contributed by atoms with Crippen molar-refractivity contribution in [2.75, 3.05) is 6.54 Å². The van der Waals surface area contributed by atoms with Gasteiger partial charge in [0.15, 0.2) is 0 Å². The number of aromatic nitrogens is 1. The van der Waals surface area contributed by atoms with Gasteiger partial charge in [-0.2, -0.15) is 0 Å². The smallest absolute Gasteiger partial charge is 0.251 e. The third-order valence-electron chi connectivity index (χ3n) is 2.45. The second-order valence-corrected chi connectivity index (χ2v) is 3.94. The average molecular weight is 248 g/mol. The number of carbonyl (C=O) groups is 1. The zero-order valence-electron chi connectivity index (χ0n) is 9.94. The summed E-state index contributed by atoms with van der Waals surface area (Å²) < 4.78 is 17.6. The zero-order chi connectivity index (χ0) is 13.0. The van der Waals surface area contributed by atoms with E-state index in [1.165, 1.54) is 24.3 Å². The van der Waals surface area contributed by atoms with Gasteiger partial charge < -0.3 is 9.84 Å². The van der Waals surface area contributed by atoms with E-state index < -0.39 is 0 Å². The molecule has 0 radical (unpaired) electrons. The molecule has 0 aliphatic heterocycles. The van der Waals surface area contributed by atoms with E-state index >= 15 is 0 Å². The molecule has 1 amide bonds. The molecule has 0 saturated carbocycles. The van der Waals surface area contributed by atoms with Gasteiger partial charge in [-0.3, -0.25) is 4.79 Å². The fourth-order valence-electron chi connectivity index (χ4n) is 1.54. The van der Waals surface area contributed by atoms with Gasteiger partial charge in [-0.1, -0.05) is 5.16 Å². The summed E-state index contributed by atoms with van der Waals surface area (Å²) in [5, 5.41) is 6.55. The van der Waals surface area contributed by atoms with E-state index in [0.29, 0.717) is 18.5 Å². The number of carbonyl (C=O) groups excluding carboxylic acids is 1. The number of benzene rings is 1. The van der Waals surface area contributed by atoms with E-state index in [2.05, 4.69) is 10.5 Å². The maximum atomic E-state index is 12.7. The van der Waals surface area contributed by atoms with Gasteiger partial charge in [-0.05, 0) is 31.2 Å². The molecule has 1 N–H and O–H groups in total. The largest absolute Gasteiger partial charge is 0.361 e. The first-order chi connectivity index (χ1) is 8.65. The number of amides is 1. The molecule has 1 heterocycles. The fraction of sp³-hybridized carbons (Fsp3) is 0.231. The van der Waals surface area contributed by atoms with Crippen molar-refractivity contribution in [2.45, 2.75) is 13.3 Å². The molecule has 5 heteroatoms. The molecule has 0 fully saturated rings. The summed E-state index contributed by atoms with van der Waals surface area (Å²) >= 11 is 0. The van der Waals surface area contributed by atoms with Crippen LogP contribution in [0.25, 0.3) is 0 Å². The molecule has 0 aliphatic carbocycles. The van der Waals surface area contributed by atoms with Crippen LogP contribution in [0.2, 0.25) is 0 Å². The highest BCUT2D eigenvalue weighted by molar-refractivity contribution is 5.94. The molecule has 18 heavy (non-hydrogen) atoms. The van der Waals surface area contributed by atoms with Gasteiger partial charge in [0, 0.05) is 24.6 Å². The Morgan fingerprint density at radius 2 is 2.11 bits per heavy atom. The first-order valence-corrected chi connectivity index (χ1v) is 5.61. The molecular formula is C13H13FN2O2. The quantitative estimate of drug-likeness (QED) is 0.901. The molecular weight excluding hydrogens is 235 g/mol. The molecule has 0 saturated heterocycles. The Hall–Kier alpha value is -2.17. The Balaban J connectivity index is 1.83. The minimum absolute atomic E-state index is 0.227. The lowest BCUT2D eigenvalue weighted by molar-refractivity contribution is 0.0954. The van der Waals surface area contributed by atoms with E-state index in [1.807, 2.05) is 13.0 Å². The van der Waals surface area contributed by atoms with Crippen LogP contribution in [0.1, 0.15) is 21.8 Å². The minimum Gasteiger partial charge on any atom is -0.361 e. The summed E-state index contributed by atoms with van der Waals surface area (Å²) in [6.45, 7) is 2.27. The Morgan fingerprint density at radius 3 is 2.72 bits per heavy atom. The molecule has 0 unspecified atom stereocenters. The van der Waals surface area contributed by atoms with Crippen molar-refractivity contribution in [3.63, 3.8) is 0 Å². The average Bonchev–Trinajstić information content (AvgIpc) is 2.76. The van der Waals surface area contributed by atoms with Crippen LogP contribution in [0.15, 0.2) is 34.9 Å². The number of rotatable bonds is 4. The van der Waals surface area contributed by atoms with Crippen molar-refractivity contribution >= 4 is 5.91 Å². The lowest BCUT2D eigenvalue weighted by Crippen LogP contribution is -2.25. The van der Waals surface area contributed by atoms with Crippen molar-refractivity contribution in [2.24, 2.45) is 0 Å². The van der Waals surface area contributed by atoms with E-state index in [-0.39, 0.29) is 11.7 Å². The molecule has 0 spiro atoms. The minimum atomic E-state index is -0.357. The second-order valence-electron chi connectivity index (χ2n) is 3.94. The fourth-order valence-corrected chi connectivity index (χ4v) is 1.54. The highest BCUT2D eigenvalue weighted by atomic mass is 19.1. The Labute approximate surface area is 104 Å². The Bertz CT molecular complexity index is 534. The topological polar surface area (TPSA) is 55.1 Å². The van der Waals surface area contributed by atoms with Crippen molar-refractivity contribution in [3.8, 4) is 0 Å². The summed E-state index contributed by atoms with van der Waals surface area (Å²) in [6.07, 6.45) is 0.601. The maximum Gasteiger partial charge on any atom is 0.251 e. The standard InChI is InChI=1S/C13H13FN2O2/c1-9-8-12(16-18-9)6-7-15-13(17)10-2-4-11(14)5-3-10/h2-5,8H,6-7H2,1H3,(H,15,17). The van der Waals surface area contributed by atoms with Crippen LogP contribution in [-0.4, -0.2) is 17.6 Å². The molecule has 2 aromatic rings. The highest BCUT2D eigenvalue weighted by Gasteiger charge is 2.05. The summed E-state index contributed by atoms with van der Waals surface area (Å²) in [7, 11) is 0. The van der Waals surface area contributed by atoms with Crippen LogP contribution < -0.4 is 5.32 Å². The van der Waals surface area contributed by atoms with Crippen LogP contribution >= 0.6 is 0 Å². The maximum absolute atomic E-state index is 12.7. The van der Waals surface area contributed by atoms with Crippen molar-refractivity contribution < 1.29 is 13.7 Å². The molecule has 1 aromatic heterocycles. The van der Waals surface area contributed by atoms with Gasteiger partial charge in [0.1, 0.15) is 11.6 Å². The Morgan fingerprint density at radius 1 is 1.39 bits per heavy atom. The van der Waals surface area contributed by atoms with Crippen LogP contribution in [-0.2, 0) is 6.42 Å². The van der Waals surface area contributed by atoms with E-state index in [1.54, 1.807) is 0 Å². The number of nitrogens with one attached hydrogen (secondary N) is 1. The zero-order valence-corrected chi connectivity index (χ0v) is 9.94. The van der Waals surface area contributed by atoms with Gasteiger partial charge >= 0.3 is 0 Å². The van der Waals surface area contributed by atoms with Crippen molar-refractivity contribution in [1.82, 2.24) is 10.5 Å². The first-order valence-electron chi connectivity index (χ1n) is 5.61. The predicted octanol–water partition coefficient (Wildman–Crippen LogP) is 2.09. The van der Waals surface area contributed by atoms with Crippen molar-refractivity contribution in [1.29, 1.82) is 0 Å². The van der Waals surface area contributed by atoms with Crippen LogP contribution in [0.5, 0.6) is 0 Å². The summed E-state index contributed by atoms with van der Waals surface area (Å²) in [5.74, 6) is 0.162. The normalized spacial score (nSPS) is 10.3. The van der Waals surface area contributed by atoms with Gasteiger partial charge in [0.25, 0.3) is 5.91 Å². The van der Waals surface area contributed by atoms with Gasteiger partial charge in [-0.15, -0.1) is 0 Å². The van der Waals surface area contributed by atoms with E-state index in [9.17, 15) is 9.18 Å². The van der Waals surface area contributed by atoms with Crippen molar-refractivity contribution in [3.05, 3.63) is 53.2 Å². The van der Waals surface area contributed by atoms with Crippen LogP contribution in [0.3, 0.4) is 0 Å². The third kappa shape index (κ3) is 3.16.